The van der Waals surface area contributed by atoms with Crippen LogP contribution >= 0.6 is 11.8 Å². The Balaban J connectivity index is 1.41. The van der Waals surface area contributed by atoms with Crippen LogP contribution < -0.4 is 19.9 Å². The first kappa shape index (κ1) is 18.4. The van der Waals surface area contributed by atoms with E-state index in [9.17, 15) is 9.18 Å². The molecule has 1 aromatic heterocycles. The van der Waals surface area contributed by atoms with Gasteiger partial charge in [-0.05, 0) is 0 Å². The van der Waals surface area contributed by atoms with Gasteiger partial charge < -0.3 is 24.2 Å². The van der Waals surface area contributed by atoms with Crippen LogP contribution in [0.1, 0.15) is 6.42 Å². The van der Waals surface area contributed by atoms with Gasteiger partial charge in [-0.25, -0.2) is 9.18 Å². The lowest BCUT2D eigenvalue weighted by Gasteiger charge is -2.30. The molecule has 0 unspecified atom stereocenters. The van der Waals surface area contributed by atoms with Gasteiger partial charge in [0.2, 0.25) is 0 Å². The Labute approximate surface area is 171 Å². The third-order valence-electron chi connectivity index (χ3n) is 5.44. The lowest BCUT2D eigenvalue weighted by molar-refractivity contribution is 0.134. The number of cyclic esters (lactones) is 1. The largest absolute Gasteiger partial charge is 0.491 e. The number of halogens is 1. The van der Waals surface area contributed by atoms with Crippen molar-refractivity contribution >= 4 is 35.0 Å². The summed E-state index contributed by atoms with van der Waals surface area (Å²) >= 11 is 1.87. The van der Waals surface area contributed by atoms with Gasteiger partial charge in [-0.15, -0.1) is 0 Å². The molecule has 8 nitrogen and oxygen atoms in total. The van der Waals surface area contributed by atoms with Crippen LogP contribution in [0, 0.1) is 5.82 Å². The van der Waals surface area contributed by atoms with Crippen molar-refractivity contribution in [2.24, 2.45) is 0 Å². The van der Waals surface area contributed by atoms with E-state index in [1.807, 2.05) is 16.7 Å². The van der Waals surface area contributed by atoms with Gasteiger partial charge >= 0.3 is 6.09 Å². The minimum Gasteiger partial charge on any atom is -0.491 e. The highest BCUT2D eigenvalue weighted by Crippen LogP contribution is 2.42. The van der Waals surface area contributed by atoms with E-state index in [0.29, 0.717) is 42.5 Å². The molecule has 29 heavy (non-hydrogen) atoms. The SMILES string of the molecule is O=C1O[C@H](CNc2ccon2)[C@H]2CCOc3cc(N4CCSCC4)c(F)cc3N12. The molecule has 2 fully saturated rings. The topological polar surface area (TPSA) is 80.1 Å². The molecule has 0 radical (unpaired) electrons. The summed E-state index contributed by atoms with van der Waals surface area (Å²) in [5, 5.41) is 6.90. The number of ether oxygens (including phenoxy) is 2. The lowest BCUT2D eigenvalue weighted by Crippen LogP contribution is -2.39. The molecule has 1 N–H and O–H groups in total. The van der Waals surface area contributed by atoms with E-state index < -0.39 is 12.2 Å². The monoisotopic (exact) mass is 420 g/mol. The smallest absolute Gasteiger partial charge is 0.415 e. The standard InChI is InChI=1S/C19H21FN4O4S/c20-12-9-15-16(10-14(12)23-3-7-29-8-4-23)26-5-1-13-17(28-19(25)24(13)15)11-21-18-2-6-27-22-18/h2,6,9-10,13,17H,1,3-5,7-8,11H2,(H,21,22)/t13-,17-/m1/s1. The first-order chi connectivity index (χ1) is 14.2. The molecule has 2 aromatic rings. The number of aromatic nitrogens is 1. The lowest BCUT2D eigenvalue weighted by atomic mass is 10.1. The van der Waals surface area contributed by atoms with Crippen LogP contribution in [0.25, 0.3) is 0 Å². The van der Waals surface area contributed by atoms with Crippen LogP contribution in [0.4, 0.5) is 26.4 Å². The Bertz CT molecular complexity index is 891. The van der Waals surface area contributed by atoms with E-state index in [0.717, 1.165) is 24.6 Å². The summed E-state index contributed by atoms with van der Waals surface area (Å²) in [4.78, 5) is 16.2. The second-order valence-electron chi connectivity index (χ2n) is 7.13. The maximum absolute atomic E-state index is 15.0. The minimum atomic E-state index is -0.491. The number of amides is 1. The van der Waals surface area contributed by atoms with Gasteiger partial charge in [-0.1, -0.05) is 5.16 Å². The van der Waals surface area contributed by atoms with Crippen molar-refractivity contribution in [1.29, 1.82) is 0 Å². The van der Waals surface area contributed by atoms with Crippen molar-refractivity contribution in [3.63, 3.8) is 0 Å². The van der Waals surface area contributed by atoms with Crippen LogP contribution in [0.15, 0.2) is 29.0 Å². The summed E-state index contributed by atoms with van der Waals surface area (Å²) in [6, 6.07) is 4.56. The molecule has 1 aromatic carbocycles. The Hall–Kier alpha value is -2.62. The fourth-order valence-corrected chi connectivity index (χ4v) is 4.92. The van der Waals surface area contributed by atoms with Crippen molar-refractivity contribution in [2.45, 2.75) is 18.6 Å². The average molecular weight is 420 g/mol. The summed E-state index contributed by atoms with van der Waals surface area (Å²) < 4.78 is 31.3. The number of carbonyl (C=O) groups is 1. The molecule has 5 rings (SSSR count). The highest BCUT2D eigenvalue weighted by Gasteiger charge is 2.45. The van der Waals surface area contributed by atoms with E-state index in [1.165, 1.54) is 17.2 Å². The number of nitrogens with zero attached hydrogens (tertiary/aromatic N) is 3. The summed E-state index contributed by atoms with van der Waals surface area (Å²) in [5.41, 5.74) is 0.952. The fraction of sp³-hybridized carbons (Fsp3) is 0.474. The van der Waals surface area contributed by atoms with Crippen molar-refractivity contribution < 1.29 is 23.2 Å². The van der Waals surface area contributed by atoms with Crippen LogP contribution in [0.3, 0.4) is 0 Å². The summed E-state index contributed by atoms with van der Waals surface area (Å²) in [6.07, 6.45) is 1.15. The number of fused-ring (bicyclic) bond motifs is 3. The summed E-state index contributed by atoms with van der Waals surface area (Å²) in [5.74, 6) is 2.68. The second-order valence-corrected chi connectivity index (χ2v) is 8.36. The highest BCUT2D eigenvalue weighted by atomic mass is 32.2. The molecule has 0 saturated carbocycles. The fourth-order valence-electron chi connectivity index (χ4n) is 4.02. The Morgan fingerprint density at radius 3 is 2.93 bits per heavy atom. The second kappa shape index (κ2) is 7.66. The predicted octanol–water partition coefficient (Wildman–Crippen LogP) is 2.96. The molecule has 2 saturated heterocycles. The highest BCUT2D eigenvalue weighted by molar-refractivity contribution is 7.99. The quantitative estimate of drug-likeness (QED) is 0.809. The number of nitrogens with one attached hydrogen (secondary N) is 1. The zero-order valence-corrected chi connectivity index (χ0v) is 16.5. The number of carbonyl (C=O) groups excluding carboxylic acids is 1. The van der Waals surface area contributed by atoms with Crippen LogP contribution in [0.2, 0.25) is 0 Å². The molecule has 3 aliphatic rings. The molecule has 3 aliphatic heterocycles. The zero-order chi connectivity index (χ0) is 19.8. The molecule has 4 heterocycles. The number of anilines is 3. The van der Waals surface area contributed by atoms with E-state index in [4.69, 9.17) is 14.0 Å². The van der Waals surface area contributed by atoms with Gasteiger partial charge in [0, 0.05) is 49.2 Å². The van der Waals surface area contributed by atoms with Gasteiger partial charge in [-0.2, -0.15) is 11.8 Å². The van der Waals surface area contributed by atoms with Crippen molar-refractivity contribution in [3.8, 4) is 5.75 Å². The molecule has 10 heteroatoms. The van der Waals surface area contributed by atoms with Crippen LogP contribution in [-0.4, -0.2) is 61.1 Å². The first-order valence-electron chi connectivity index (χ1n) is 9.64. The van der Waals surface area contributed by atoms with Crippen molar-refractivity contribution in [1.82, 2.24) is 5.16 Å². The van der Waals surface area contributed by atoms with Crippen molar-refractivity contribution in [3.05, 3.63) is 30.3 Å². The predicted molar refractivity (Wildman–Crippen MR) is 108 cm³/mol. The molecule has 2 atom stereocenters. The number of thioether (sulfide) groups is 1. The first-order valence-corrected chi connectivity index (χ1v) is 10.8. The van der Waals surface area contributed by atoms with E-state index in [2.05, 4.69) is 10.5 Å². The molecule has 154 valence electrons. The molecular formula is C19H21FN4O4S. The summed E-state index contributed by atoms with van der Waals surface area (Å²) in [7, 11) is 0. The summed E-state index contributed by atoms with van der Waals surface area (Å²) in [6.45, 7) is 2.39. The maximum Gasteiger partial charge on any atom is 0.415 e. The van der Waals surface area contributed by atoms with E-state index in [1.54, 1.807) is 12.1 Å². The Morgan fingerprint density at radius 1 is 1.28 bits per heavy atom. The Kier molecular flexibility index (Phi) is 4.86. The number of rotatable bonds is 4. The zero-order valence-electron chi connectivity index (χ0n) is 15.7. The number of benzene rings is 1. The number of hydrogen-bond donors (Lipinski definition) is 1. The van der Waals surface area contributed by atoms with E-state index in [-0.39, 0.29) is 11.9 Å². The average Bonchev–Trinajstić information content (AvgIpc) is 3.31. The molecule has 0 aliphatic carbocycles. The molecular weight excluding hydrogens is 399 g/mol. The van der Waals surface area contributed by atoms with Gasteiger partial charge in [0.05, 0.1) is 30.6 Å². The minimum absolute atomic E-state index is 0.250. The van der Waals surface area contributed by atoms with Gasteiger partial charge in [0.25, 0.3) is 0 Å². The van der Waals surface area contributed by atoms with Crippen LogP contribution in [0.5, 0.6) is 5.75 Å². The van der Waals surface area contributed by atoms with Gasteiger partial charge in [0.1, 0.15) is 23.9 Å². The maximum atomic E-state index is 15.0. The van der Waals surface area contributed by atoms with Crippen LogP contribution in [-0.2, 0) is 4.74 Å². The molecule has 1 amide bonds. The van der Waals surface area contributed by atoms with Gasteiger partial charge in [-0.3, -0.25) is 4.90 Å². The Morgan fingerprint density at radius 2 is 2.14 bits per heavy atom. The third kappa shape index (κ3) is 3.45. The third-order valence-corrected chi connectivity index (χ3v) is 6.39. The molecule has 0 spiro atoms. The van der Waals surface area contributed by atoms with Crippen molar-refractivity contribution in [2.75, 3.05) is 52.9 Å². The number of hydrogen-bond acceptors (Lipinski definition) is 8. The van der Waals surface area contributed by atoms with E-state index >= 15 is 0 Å². The van der Waals surface area contributed by atoms with Gasteiger partial charge in [0.15, 0.2) is 5.82 Å². The molecule has 0 bridgehead atoms. The normalized spacial score (nSPS) is 23.7.